The van der Waals surface area contributed by atoms with E-state index in [-0.39, 0.29) is 10.2 Å². The van der Waals surface area contributed by atoms with Crippen LogP contribution in [0.2, 0.25) is 0 Å². The molecule has 1 atom stereocenters. The molecular formula is C9H11BrO3. The highest BCUT2D eigenvalue weighted by molar-refractivity contribution is 9.09. The van der Waals surface area contributed by atoms with Crippen LogP contribution in [0.1, 0.15) is 43.0 Å². The van der Waals surface area contributed by atoms with Crippen LogP contribution in [0.15, 0.2) is 13.6 Å². The Bertz CT molecular complexity index is 374. The predicted molar refractivity (Wildman–Crippen MR) is 51.2 cm³/mol. The minimum atomic E-state index is -0.593. The van der Waals surface area contributed by atoms with E-state index in [1.54, 1.807) is 0 Å². The Balaban J connectivity index is 2.60. The second-order valence-electron chi connectivity index (χ2n) is 4.04. The maximum atomic E-state index is 10.9. The summed E-state index contributed by atoms with van der Waals surface area (Å²) < 4.78 is 10.0. The van der Waals surface area contributed by atoms with E-state index in [0.717, 1.165) is 12.8 Å². The van der Waals surface area contributed by atoms with Gasteiger partial charge in [0.2, 0.25) is 0 Å². The van der Waals surface area contributed by atoms with Crippen molar-refractivity contribution in [2.75, 3.05) is 0 Å². The summed E-state index contributed by atoms with van der Waals surface area (Å²) in [5, 5.41) is 0. The topological polar surface area (TPSA) is 43.4 Å². The van der Waals surface area contributed by atoms with Crippen molar-refractivity contribution in [3.63, 3.8) is 0 Å². The predicted octanol–water partition coefficient (Wildman–Crippen LogP) is 2.74. The fraction of sp³-hybridized carbons (Fsp3) is 0.667. The molecule has 2 rings (SSSR count). The van der Waals surface area contributed by atoms with Crippen LogP contribution in [0.3, 0.4) is 0 Å². The van der Waals surface area contributed by atoms with Gasteiger partial charge in [-0.3, -0.25) is 0 Å². The Morgan fingerprint density at radius 1 is 1.46 bits per heavy atom. The maximum absolute atomic E-state index is 10.9. The van der Waals surface area contributed by atoms with E-state index in [9.17, 15) is 4.79 Å². The zero-order chi connectivity index (χ0) is 9.64. The molecule has 0 fully saturated rings. The molecule has 0 radical (unpaired) electrons. The third kappa shape index (κ3) is 1.37. The molecule has 72 valence electrons. The summed E-state index contributed by atoms with van der Waals surface area (Å²) in [6.45, 7) is 4.12. The summed E-state index contributed by atoms with van der Waals surface area (Å²) in [7, 11) is 0. The Morgan fingerprint density at radius 3 is 2.77 bits per heavy atom. The van der Waals surface area contributed by atoms with Crippen LogP contribution in [-0.4, -0.2) is 0 Å². The third-order valence-electron chi connectivity index (χ3n) is 2.52. The number of hydrogen-bond acceptors (Lipinski definition) is 3. The molecule has 0 N–H and O–H groups in total. The number of alkyl halides is 1. The lowest BCUT2D eigenvalue weighted by Gasteiger charge is -2.28. The molecule has 1 aromatic rings. The highest BCUT2D eigenvalue weighted by atomic mass is 79.9. The molecule has 1 aliphatic rings. The average molecular weight is 247 g/mol. The van der Waals surface area contributed by atoms with Crippen molar-refractivity contribution in [1.29, 1.82) is 0 Å². The van der Waals surface area contributed by atoms with Crippen molar-refractivity contribution in [1.82, 2.24) is 0 Å². The van der Waals surface area contributed by atoms with Crippen molar-refractivity contribution in [3.8, 4) is 0 Å². The first-order valence-corrected chi connectivity index (χ1v) is 5.20. The maximum Gasteiger partial charge on any atom is 0.519 e. The molecule has 4 heteroatoms. The molecular weight excluding hydrogens is 236 g/mol. The van der Waals surface area contributed by atoms with Gasteiger partial charge in [-0.1, -0.05) is 29.8 Å². The third-order valence-corrected chi connectivity index (χ3v) is 3.40. The van der Waals surface area contributed by atoms with Crippen molar-refractivity contribution in [2.45, 2.75) is 36.9 Å². The van der Waals surface area contributed by atoms with Gasteiger partial charge in [-0.15, -0.1) is 0 Å². The van der Waals surface area contributed by atoms with E-state index < -0.39 is 5.82 Å². The largest absolute Gasteiger partial charge is 0.519 e. The van der Waals surface area contributed by atoms with E-state index in [1.165, 1.54) is 0 Å². The first-order chi connectivity index (χ1) is 6.00. The summed E-state index contributed by atoms with van der Waals surface area (Å²) in [6.07, 6.45) is 1.97. The van der Waals surface area contributed by atoms with Crippen LogP contribution in [-0.2, 0) is 5.41 Å². The lowest BCUT2D eigenvalue weighted by molar-refractivity contribution is 0.321. The first-order valence-electron chi connectivity index (χ1n) is 4.29. The number of hydrogen-bond donors (Lipinski definition) is 0. The van der Waals surface area contributed by atoms with E-state index in [0.29, 0.717) is 11.5 Å². The summed E-state index contributed by atoms with van der Waals surface area (Å²) in [4.78, 5) is 11.1. The quantitative estimate of drug-likeness (QED) is 0.662. The molecule has 13 heavy (non-hydrogen) atoms. The van der Waals surface area contributed by atoms with Gasteiger partial charge in [0.1, 0.15) is 0 Å². The summed E-state index contributed by atoms with van der Waals surface area (Å²) in [5.74, 6) is 0.774. The van der Waals surface area contributed by atoms with Gasteiger partial charge in [0, 0.05) is 5.41 Å². The molecule has 0 saturated heterocycles. The minimum absolute atomic E-state index is 0.0776. The van der Waals surface area contributed by atoms with Crippen molar-refractivity contribution < 1.29 is 8.83 Å². The number of fused-ring (bicyclic) bond motifs is 1. The molecule has 3 nitrogen and oxygen atoms in total. The fourth-order valence-electron chi connectivity index (χ4n) is 1.70. The Kier molecular flexibility index (Phi) is 1.91. The molecule has 1 aromatic heterocycles. The molecule has 1 unspecified atom stereocenters. The van der Waals surface area contributed by atoms with Crippen molar-refractivity contribution >= 4 is 15.9 Å². The van der Waals surface area contributed by atoms with Gasteiger partial charge in [-0.2, -0.15) is 0 Å². The van der Waals surface area contributed by atoms with E-state index in [1.807, 2.05) is 0 Å². The van der Waals surface area contributed by atoms with Gasteiger partial charge < -0.3 is 8.83 Å². The molecule has 1 aliphatic carbocycles. The van der Waals surface area contributed by atoms with Gasteiger partial charge in [0.05, 0.1) is 4.83 Å². The Labute approximate surface area is 84.2 Å². The second kappa shape index (κ2) is 2.74. The Hall–Kier alpha value is -0.510. The van der Waals surface area contributed by atoms with E-state index in [4.69, 9.17) is 8.83 Å². The highest BCUT2D eigenvalue weighted by Gasteiger charge is 2.37. The van der Waals surface area contributed by atoms with Gasteiger partial charge in [-0.25, -0.2) is 4.79 Å². The van der Waals surface area contributed by atoms with Crippen molar-refractivity contribution in [2.24, 2.45) is 0 Å². The smallest absolute Gasteiger partial charge is 0.395 e. The number of halogens is 1. The zero-order valence-corrected chi connectivity index (χ0v) is 9.18. The zero-order valence-electron chi connectivity index (χ0n) is 7.59. The van der Waals surface area contributed by atoms with Gasteiger partial charge >= 0.3 is 5.82 Å². The molecule has 0 aliphatic heterocycles. The molecule has 0 saturated carbocycles. The molecule has 1 heterocycles. The van der Waals surface area contributed by atoms with E-state index >= 15 is 0 Å². The van der Waals surface area contributed by atoms with Crippen LogP contribution < -0.4 is 5.82 Å². The summed E-state index contributed by atoms with van der Waals surface area (Å²) >= 11 is 3.46. The van der Waals surface area contributed by atoms with Crippen LogP contribution in [0.5, 0.6) is 0 Å². The first kappa shape index (κ1) is 9.06. The van der Waals surface area contributed by atoms with Gasteiger partial charge in [0.15, 0.2) is 11.5 Å². The summed E-state index contributed by atoms with van der Waals surface area (Å²) in [6, 6.07) is 0. The summed E-state index contributed by atoms with van der Waals surface area (Å²) in [5.41, 5.74) is -0.0776. The molecule has 0 amide bonds. The van der Waals surface area contributed by atoms with Crippen molar-refractivity contribution in [3.05, 3.63) is 22.1 Å². The molecule has 0 bridgehead atoms. The van der Waals surface area contributed by atoms with Crippen LogP contribution in [0.25, 0.3) is 0 Å². The molecule has 0 spiro atoms. The van der Waals surface area contributed by atoms with Gasteiger partial charge in [-0.05, 0) is 12.8 Å². The SMILES string of the molecule is CC1(C)CCC(Br)c2oc(=O)oc21. The standard InChI is InChI=1S/C9H11BrO3/c1-9(2)4-3-5(10)6-7(9)13-8(11)12-6/h5H,3-4H2,1-2H3. The number of rotatable bonds is 0. The lowest BCUT2D eigenvalue weighted by atomic mass is 9.79. The minimum Gasteiger partial charge on any atom is -0.395 e. The van der Waals surface area contributed by atoms with Crippen LogP contribution in [0, 0.1) is 0 Å². The fourth-order valence-corrected chi connectivity index (χ4v) is 2.23. The van der Waals surface area contributed by atoms with E-state index in [2.05, 4.69) is 29.8 Å². The highest BCUT2D eigenvalue weighted by Crippen LogP contribution is 2.44. The monoisotopic (exact) mass is 246 g/mol. The van der Waals surface area contributed by atoms with Gasteiger partial charge in [0.25, 0.3) is 0 Å². The molecule has 0 aromatic carbocycles. The lowest BCUT2D eigenvalue weighted by Crippen LogP contribution is -2.23. The Morgan fingerprint density at radius 2 is 2.15 bits per heavy atom. The average Bonchev–Trinajstić information content (AvgIpc) is 2.42. The second-order valence-corrected chi connectivity index (χ2v) is 5.14. The van der Waals surface area contributed by atoms with Crippen LogP contribution >= 0.6 is 15.9 Å². The normalized spacial score (nSPS) is 25.6. The van der Waals surface area contributed by atoms with Crippen LogP contribution in [0.4, 0.5) is 0 Å².